The van der Waals surface area contributed by atoms with Crippen molar-refractivity contribution in [1.82, 2.24) is 4.57 Å². The van der Waals surface area contributed by atoms with E-state index in [9.17, 15) is 13.2 Å². The quantitative estimate of drug-likeness (QED) is 0.872. The molecule has 1 heterocycles. The second kappa shape index (κ2) is 4.72. The second-order valence-electron chi connectivity index (χ2n) is 4.63. The molecule has 0 radical (unpaired) electrons. The van der Waals surface area contributed by atoms with Crippen LogP contribution < -0.4 is 5.73 Å². The Morgan fingerprint density at radius 2 is 2.18 bits per heavy atom. The molecular formula is C12H17F3N2. The van der Waals surface area contributed by atoms with Crippen LogP contribution in [0, 0.1) is 0 Å². The molecule has 1 aliphatic rings. The molecule has 0 bridgehead atoms. The predicted octanol–water partition coefficient (Wildman–Crippen LogP) is 3.17. The molecule has 2 nitrogen and oxygen atoms in total. The summed E-state index contributed by atoms with van der Waals surface area (Å²) in [5.74, 6) is 0. The van der Waals surface area contributed by atoms with Gasteiger partial charge >= 0.3 is 6.18 Å². The van der Waals surface area contributed by atoms with Crippen molar-refractivity contribution >= 4 is 0 Å². The van der Waals surface area contributed by atoms with Crippen LogP contribution in [0.5, 0.6) is 0 Å². The van der Waals surface area contributed by atoms with Crippen LogP contribution in [-0.2, 0) is 13.0 Å². The van der Waals surface area contributed by atoms with E-state index >= 15 is 0 Å². The number of nitrogens with two attached hydrogens (primary N) is 1. The van der Waals surface area contributed by atoms with Crippen LogP contribution in [0.2, 0.25) is 0 Å². The third-order valence-corrected chi connectivity index (χ3v) is 3.30. The fraction of sp³-hybridized carbons (Fsp3) is 0.667. The average Bonchev–Trinajstić information content (AvgIpc) is 2.61. The van der Waals surface area contributed by atoms with Gasteiger partial charge in [0.25, 0.3) is 0 Å². The Labute approximate surface area is 98.6 Å². The molecule has 0 fully saturated rings. The fourth-order valence-corrected chi connectivity index (χ4v) is 2.45. The fourth-order valence-electron chi connectivity index (χ4n) is 2.45. The Hall–Kier alpha value is -0.970. The van der Waals surface area contributed by atoms with Gasteiger partial charge in [0.15, 0.2) is 0 Å². The maximum Gasteiger partial charge on any atom is 0.389 e. The Kier molecular flexibility index (Phi) is 3.47. The Morgan fingerprint density at radius 3 is 2.88 bits per heavy atom. The van der Waals surface area contributed by atoms with Crippen LogP contribution in [0.25, 0.3) is 0 Å². The molecule has 17 heavy (non-hydrogen) atoms. The number of rotatable bonds is 3. The first kappa shape index (κ1) is 12.5. The maximum atomic E-state index is 12.1. The van der Waals surface area contributed by atoms with E-state index in [1.807, 2.05) is 16.8 Å². The van der Waals surface area contributed by atoms with Crippen LogP contribution in [0.4, 0.5) is 13.2 Å². The van der Waals surface area contributed by atoms with E-state index in [2.05, 4.69) is 0 Å². The van der Waals surface area contributed by atoms with Gasteiger partial charge in [-0.1, -0.05) is 0 Å². The number of nitrogens with zero attached hydrogens (tertiary/aromatic N) is 1. The zero-order valence-electron chi connectivity index (χ0n) is 9.63. The Bertz CT molecular complexity index is 382. The summed E-state index contributed by atoms with van der Waals surface area (Å²) in [6.45, 7) is 0.432. The topological polar surface area (TPSA) is 30.9 Å². The van der Waals surface area contributed by atoms with Gasteiger partial charge in [-0.2, -0.15) is 13.2 Å². The molecule has 0 saturated heterocycles. The molecular weight excluding hydrogens is 229 g/mol. The van der Waals surface area contributed by atoms with Gasteiger partial charge in [0.2, 0.25) is 0 Å². The van der Waals surface area contributed by atoms with E-state index < -0.39 is 12.6 Å². The Balaban J connectivity index is 1.98. The van der Waals surface area contributed by atoms with Gasteiger partial charge in [-0.05, 0) is 37.3 Å². The highest BCUT2D eigenvalue weighted by Gasteiger charge is 2.26. The number of aryl methyl sites for hydroxylation is 1. The average molecular weight is 246 g/mol. The molecule has 1 aromatic rings. The third kappa shape index (κ3) is 3.03. The second-order valence-corrected chi connectivity index (χ2v) is 4.63. The first-order valence-electron chi connectivity index (χ1n) is 5.97. The van der Waals surface area contributed by atoms with E-state index in [-0.39, 0.29) is 12.5 Å². The molecule has 0 amide bonds. The van der Waals surface area contributed by atoms with Crippen LogP contribution in [0.15, 0.2) is 12.3 Å². The maximum absolute atomic E-state index is 12.1. The molecule has 1 atom stereocenters. The minimum absolute atomic E-state index is 0.0580. The van der Waals surface area contributed by atoms with Gasteiger partial charge in [0, 0.05) is 30.9 Å². The summed E-state index contributed by atoms with van der Waals surface area (Å²) in [6, 6.07) is 2.01. The molecule has 0 saturated carbocycles. The molecule has 1 aliphatic carbocycles. The lowest BCUT2D eigenvalue weighted by molar-refractivity contribution is -0.135. The van der Waals surface area contributed by atoms with Crippen molar-refractivity contribution in [2.45, 2.75) is 50.9 Å². The van der Waals surface area contributed by atoms with Crippen molar-refractivity contribution in [2.75, 3.05) is 0 Å². The summed E-state index contributed by atoms with van der Waals surface area (Å²) < 4.78 is 38.1. The van der Waals surface area contributed by atoms with E-state index in [1.165, 1.54) is 0 Å². The monoisotopic (exact) mass is 246 g/mol. The number of halogens is 3. The van der Waals surface area contributed by atoms with Gasteiger partial charge in [-0.25, -0.2) is 0 Å². The van der Waals surface area contributed by atoms with E-state index in [0.717, 1.165) is 30.5 Å². The van der Waals surface area contributed by atoms with E-state index in [0.29, 0.717) is 6.54 Å². The summed E-state index contributed by atoms with van der Waals surface area (Å²) >= 11 is 0. The molecule has 0 aliphatic heterocycles. The van der Waals surface area contributed by atoms with E-state index in [4.69, 9.17) is 5.73 Å². The highest BCUT2D eigenvalue weighted by Crippen LogP contribution is 2.29. The largest absolute Gasteiger partial charge is 0.389 e. The zero-order chi connectivity index (χ0) is 12.5. The van der Waals surface area contributed by atoms with Crippen molar-refractivity contribution in [3.8, 4) is 0 Å². The van der Waals surface area contributed by atoms with Crippen molar-refractivity contribution in [3.05, 3.63) is 23.5 Å². The normalized spacial score (nSPS) is 20.4. The van der Waals surface area contributed by atoms with Crippen LogP contribution in [0.1, 0.15) is 43.0 Å². The number of alkyl halides is 3. The molecule has 2 rings (SSSR count). The minimum Gasteiger partial charge on any atom is -0.351 e. The van der Waals surface area contributed by atoms with Crippen LogP contribution >= 0.6 is 0 Å². The molecule has 0 aromatic carbocycles. The molecule has 0 spiro atoms. The van der Waals surface area contributed by atoms with Gasteiger partial charge in [0.1, 0.15) is 0 Å². The molecule has 5 heteroatoms. The molecule has 1 unspecified atom stereocenters. The SMILES string of the molecule is NC1CCCc2c1ccn2CCCC(F)(F)F. The van der Waals surface area contributed by atoms with E-state index in [1.54, 1.807) is 0 Å². The van der Waals surface area contributed by atoms with Gasteiger partial charge in [-0.3, -0.25) is 0 Å². The zero-order valence-corrected chi connectivity index (χ0v) is 9.63. The highest BCUT2D eigenvalue weighted by atomic mass is 19.4. The van der Waals surface area contributed by atoms with Crippen molar-refractivity contribution in [3.63, 3.8) is 0 Å². The standard InChI is InChI=1S/C12H17F3N2/c13-12(14,15)6-2-7-17-8-5-9-10(16)3-1-4-11(9)17/h5,8,10H,1-4,6-7,16H2. The number of hydrogen-bond acceptors (Lipinski definition) is 1. The van der Waals surface area contributed by atoms with Crippen molar-refractivity contribution in [1.29, 1.82) is 0 Å². The first-order chi connectivity index (χ1) is 7.97. The summed E-state index contributed by atoms with van der Waals surface area (Å²) in [7, 11) is 0. The van der Waals surface area contributed by atoms with Crippen LogP contribution in [-0.4, -0.2) is 10.7 Å². The lowest BCUT2D eigenvalue weighted by Gasteiger charge is -2.21. The van der Waals surface area contributed by atoms with Gasteiger partial charge in [0.05, 0.1) is 0 Å². The highest BCUT2D eigenvalue weighted by molar-refractivity contribution is 5.28. The number of hydrogen-bond donors (Lipinski definition) is 1. The molecule has 2 N–H and O–H groups in total. The van der Waals surface area contributed by atoms with Crippen LogP contribution in [0.3, 0.4) is 0 Å². The minimum atomic E-state index is -4.05. The first-order valence-corrected chi connectivity index (χ1v) is 5.97. The smallest absolute Gasteiger partial charge is 0.351 e. The number of aromatic nitrogens is 1. The summed E-state index contributed by atoms with van der Waals surface area (Å²) in [5, 5.41) is 0. The lowest BCUT2D eigenvalue weighted by atomic mass is 9.93. The molecule has 96 valence electrons. The summed E-state index contributed by atoms with van der Waals surface area (Å²) in [6.07, 6.45) is 0.167. The van der Waals surface area contributed by atoms with Gasteiger partial charge in [-0.15, -0.1) is 0 Å². The summed E-state index contributed by atoms with van der Waals surface area (Å²) in [4.78, 5) is 0. The van der Waals surface area contributed by atoms with Crippen molar-refractivity contribution < 1.29 is 13.2 Å². The molecule has 1 aromatic heterocycles. The van der Waals surface area contributed by atoms with Gasteiger partial charge < -0.3 is 10.3 Å². The number of fused-ring (bicyclic) bond motifs is 1. The van der Waals surface area contributed by atoms with Crippen molar-refractivity contribution in [2.24, 2.45) is 5.73 Å². The third-order valence-electron chi connectivity index (χ3n) is 3.30. The predicted molar refractivity (Wildman–Crippen MR) is 59.6 cm³/mol. The lowest BCUT2D eigenvalue weighted by Crippen LogP contribution is -2.18. The Morgan fingerprint density at radius 1 is 1.41 bits per heavy atom. The summed E-state index contributed by atoms with van der Waals surface area (Å²) in [5.41, 5.74) is 8.21.